The summed E-state index contributed by atoms with van der Waals surface area (Å²) in [7, 11) is 1.60. The lowest BCUT2D eigenvalue weighted by molar-refractivity contribution is 0.0491. The molecule has 0 aromatic heterocycles. The molecule has 0 bridgehead atoms. The number of carbonyl (C=O) groups is 2. The molecular formula is C28H33N3O4. The number of nitrogens with one attached hydrogen (secondary N) is 2. The third-order valence-corrected chi connectivity index (χ3v) is 5.46. The number of rotatable bonds is 8. The standard InChI is InChI=1S/C26H27N3O4.C2H6/c1-3-4-17-33-21-15-11-19(12-16-21)25(30)28-29-24(18-9-13-20(32-2)14-10-18)27-23-8-6-5-7-22(23)26(29)31;1-2/h5-16,24,27H,3-4,17H2,1-2H3,(H,28,30);1-2H3. The van der Waals surface area contributed by atoms with E-state index in [9.17, 15) is 9.59 Å². The first-order valence-corrected chi connectivity index (χ1v) is 12.0. The average Bonchev–Trinajstić information content (AvgIpc) is 2.92. The number of para-hydroxylation sites is 1. The van der Waals surface area contributed by atoms with Gasteiger partial charge in [0, 0.05) is 11.3 Å². The van der Waals surface area contributed by atoms with Crippen LogP contribution < -0.4 is 20.2 Å². The molecule has 1 heterocycles. The van der Waals surface area contributed by atoms with Gasteiger partial charge in [0.2, 0.25) is 0 Å². The summed E-state index contributed by atoms with van der Waals surface area (Å²) in [6.07, 6.45) is 1.44. The predicted molar refractivity (Wildman–Crippen MR) is 138 cm³/mol. The van der Waals surface area contributed by atoms with Crippen LogP contribution in [0.5, 0.6) is 11.5 Å². The maximum Gasteiger partial charge on any atom is 0.276 e. The number of methoxy groups -OCH3 is 1. The second-order valence-electron chi connectivity index (χ2n) is 7.71. The molecular weight excluding hydrogens is 442 g/mol. The fourth-order valence-electron chi connectivity index (χ4n) is 3.60. The van der Waals surface area contributed by atoms with Gasteiger partial charge in [-0.2, -0.15) is 0 Å². The van der Waals surface area contributed by atoms with Crippen LogP contribution in [-0.2, 0) is 0 Å². The normalized spacial score (nSPS) is 14.1. The van der Waals surface area contributed by atoms with Gasteiger partial charge < -0.3 is 14.8 Å². The minimum absolute atomic E-state index is 0.293. The Hall–Kier alpha value is -4.00. The van der Waals surface area contributed by atoms with E-state index in [1.807, 2.05) is 50.2 Å². The number of unbranched alkanes of at least 4 members (excludes halogenated alkanes) is 1. The van der Waals surface area contributed by atoms with E-state index in [1.165, 1.54) is 5.01 Å². The van der Waals surface area contributed by atoms with Crippen LogP contribution in [0, 0.1) is 0 Å². The van der Waals surface area contributed by atoms with Gasteiger partial charge in [-0.25, -0.2) is 5.01 Å². The first kappa shape index (κ1) is 25.6. The molecule has 3 aromatic rings. The number of anilines is 1. The van der Waals surface area contributed by atoms with Crippen molar-refractivity contribution in [1.29, 1.82) is 0 Å². The summed E-state index contributed by atoms with van der Waals surface area (Å²) in [5.74, 6) is 0.736. The van der Waals surface area contributed by atoms with Gasteiger partial charge >= 0.3 is 0 Å². The van der Waals surface area contributed by atoms with E-state index in [2.05, 4.69) is 17.7 Å². The largest absolute Gasteiger partial charge is 0.497 e. The molecule has 0 fully saturated rings. The Morgan fingerprint density at radius 3 is 2.29 bits per heavy atom. The first-order valence-electron chi connectivity index (χ1n) is 12.0. The monoisotopic (exact) mass is 475 g/mol. The number of amides is 2. The van der Waals surface area contributed by atoms with Crippen molar-refractivity contribution in [3.63, 3.8) is 0 Å². The average molecular weight is 476 g/mol. The van der Waals surface area contributed by atoms with E-state index in [4.69, 9.17) is 9.47 Å². The second kappa shape index (κ2) is 12.5. The van der Waals surface area contributed by atoms with Crippen LogP contribution in [0.3, 0.4) is 0 Å². The Labute approximate surface area is 207 Å². The van der Waals surface area contributed by atoms with Crippen LogP contribution in [-0.4, -0.2) is 30.5 Å². The summed E-state index contributed by atoms with van der Waals surface area (Å²) in [6.45, 7) is 6.74. The van der Waals surface area contributed by atoms with Gasteiger partial charge in [0.1, 0.15) is 17.7 Å². The molecule has 2 N–H and O–H groups in total. The van der Waals surface area contributed by atoms with Crippen molar-refractivity contribution in [3.05, 3.63) is 89.5 Å². The smallest absolute Gasteiger partial charge is 0.276 e. The fraction of sp³-hybridized carbons (Fsp3) is 0.286. The minimum Gasteiger partial charge on any atom is -0.497 e. The van der Waals surface area contributed by atoms with E-state index >= 15 is 0 Å². The quantitative estimate of drug-likeness (QED) is 0.402. The van der Waals surface area contributed by atoms with Crippen LogP contribution in [0.15, 0.2) is 72.8 Å². The van der Waals surface area contributed by atoms with Gasteiger partial charge in [-0.15, -0.1) is 0 Å². The van der Waals surface area contributed by atoms with Crippen molar-refractivity contribution in [2.75, 3.05) is 19.0 Å². The molecule has 1 unspecified atom stereocenters. The summed E-state index contributed by atoms with van der Waals surface area (Å²) < 4.78 is 10.9. The maximum atomic E-state index is 13.3. The Bertz CT molecular complexity index is 1110. The van der Waals surface area contributed by atoms with Crippen molar-refractivity contribution in [2.45, 2.75) is 39.8 Å². The van der Waals surface area contributed by atoms with Gasteiger partial charge in [0.25, 0.3) is 11.8 Å². The highest BCUT2D eigenvalue weighted by atomic mass is 16.5. The lowest BCUT2D eigenvalue weighted by Gasteiger charge is -2.37. The molecule has 35 heavy (non-hydrogen) atoms. The molecule has 7 nitrogen and oxygen atoms in total. The second-order valence-corrected chi connectivity index (χ2v) is 7.71. The fourth-order valence-corrected chi connectivity index (χ4v) is 3.60. The number of nitrogens with zero attached hydrogens (tertiary/aromatic N) is 1. The van der Waals surface area contributed by atoms with Crippen LogP contribution in [0.4, 0.5) is 5.69 Å². The molecule has 4 rings (SSSR count). The topological polar surface area (TPSA) is 79.9 Å². The maximum absolute atomic E-state index is 13.3. The molecule has 0 spiro atoms. The van der Waals surface area contributed by atoms with Gasteiger partial charge in [0.05, 0.1) is 19.3 Å². The predicted octanol–water partition coefficient (Wildman–Crippen LogP) is 5.81. The number of ether oxygens (including phenoxy) is 2. The molecule has 0 radical (unpaired) electrons. The Morgan fingerprint density at radius 2 is 1.63 bits per heavy atom. The summed E-state index contributed by atoms with van der Waals surface area (Å²) >= 11 is 0. The van der Waals surface area contributed by atoms with E-state index in [0.29, 0.717) is 34.9 Å². The highest BCUT2D eigenvalue weighted by Crippen LogP contribution is 2.32. The van der Waals surface area contributed by atoms with Crippen molar-refractivity contribution in [2.24, 2.45) is 0 Å². The van der Waals surface area contributed by atoms with E-state index in [0.717, 1.165) is 18.4 Å². The van der Waals surface area contributed by atoms with Crippen molar-refractivity contribution in [1.82, 2.24) is 10.4 Å². The van der Waals surface area contributed by atoms with Gasteiger partial charge in [-0.3, -0.25) is 15.0 Å². The highest BCUT2D eigenvalue weighted by Gasteiger charge is 2.34. The molecule has 1 aliphatic heterocycles. The summed E-state index contributed by atoms with van der Waals surface area (Å²) in [4.78, 5) is 26.3. The van der Waals surface area contributed by atoms with E-state index < -0.39 is 6.17 Å². The van der Waals surface area contributed by atoms with Crippen molar-refractivity contribution < 1.29 is 19.1 Å². The van der Waals surface area contributed by atoms with Crippen LogP contribution in [0.1, 0.15) is 66.1 Å². The third-order valence-electron chi connectivity index (χ3n) is 5.46. The van der Waals surface area contributed by atoms with E-state index in [-0.39, 0.29) is 11.8 Å². The number of benzene rings is 3. The number of hydrazine groups is 1. The van der Waals surface area contributed by atoms with Crippen LogP contribution in [0.2, 0.25) is 0 Å². The molecule has 0 saturated heterocycles. The molecule has 7 heteroatoms. The first-order chi connectivity index (χ1) is 17.1. The van der Waals surface area contributed by atoms with Gasteiger partial charge in [-0.05, 0) is 60.5 Å². The molecule has 0 aliphatic carbocycles. The number of hydrogen-bond acceptors (Lipinski definition) is 5. The Balaban J connectivity index is 0.00000167. The van der Waals surface area contributed by atoms with Crippen LogP contribution in [0.25, 0.3) is 0 Å². The Morgan fingerprint density at radius 1 is 0.971 bits per heavy atom. The summed E-state index contributed by atoms with van der Waals surface area (Å²) in [6, 6.07) is 21.5. The minimum atomic E-state index is -0.584. The number of hydrogen-bond donors (Lipinski definition) is 2. The van der Waals surface area contributed by atoms with Crippen molar-refractivity contribution >= 4 is 17.5 Å². The SMILES string of the molecule is CC.CCCCOc1ccc(C(=O)NN2C(=O)c3ccccc3NC2c2ccc(OC)cc2)cc1. The third kappa shape index (κ3) is 6.12. The van der Waals surface area contributed by atoms with Crippen LogP contribution >= 0.6 is 0 Å². The lowest BCUT2D eigenvalue weighted by Crippen LogP contribution is -2.52. The van der Waals surface area contributed by atoms with E-state index in [1.54, 1.807) is 43.5 Å². The summed E-state index contributed by atoms with van der Waals surface area (Å²) in [5, 5.41) is 4.69. The molecule has 0 saturated carbocycles. The number of fused-ring (bicyclic) bond motifs is 1. The number of carbonyl (C=O) groups excluding carboxylic acids is 2. The zero-order chi connectivity index (χ0) is 25.2. The molecule has 2 amide bonds. The Kier molecular flexibility index (Phi) is 9.12. The molecule has 1 atom stereocenters. The van der Waals surface area contributed by atoms with Crippen molar-refractivity contribution in [3.8, 4) is 11.5 Å². The molecule has 184 valence electrons. The highest BCUT2D eigenvalue weighted by molar-refractivity contribution is 6.04. The van der Waals surface area contributed by atoms with Gasteiger partial charge in [-0.1, -0.05) is 51.5 Å². The lowest BCUT2D eigenvalue weighted by atomic mass is 10.0. The van der Waals surface area contributed by atoms with Gasteiger partial charge in [0.15, 0.2) is 0 Å². The molecule has 3 aromatic carbocycles. The summed E-state index contributed by atoms with van der Waals surface area (Å²) in [5.41, 5.74) is 5.22. The zero-order valence-electron chi connectivity index (χ0n) is 20.7. The zero-order valence-corrected chi connectivity index (χ0v) is 20.7. The molecule has 1 aliphatic rings.